The highest BCUT2D eigenvalue weighted by Gasteiger charge is 2.30. The van der Waals surface area contributed by atoms with Crippen molar-refractivity contribution in [3.05, 3.63) is 34.5 Å². The molecule has 1 saturated heterocycles. The molecule has 0 saturated carbocycles. The summed E-state index contributed by atoms with van der Waals surface area (Å²) in [5, 5.41) is 4.22. The van der Waals surface area contributed by atoms with Crippen molar-refractivity contribution in [3.8, 4) is 0 Å². The summed E-state index contributed by atoms with van der Waals surface area (Å²) < 4.78 is 14.4. The van der Waals surface area contributed by atoms with Gasteiger partial charge in [-0.15, -0.1) is 11.3 Å². The molecule has 2 unspecified atom stereocenters. The Labute approximate surface area is 127 Å². The van der Waals surface area contributed by atoms with E-state index in [9.17, 15) is 9.18 Å². The summed E-state index contributed by atoms with van der Waals surface area (Å²) in [6.07, 6.45) is 0. The van der Waals surface area contributed by atoms with Gasteiger partial charge < -0.3 is 10.2 Å². The van der Waals surface area contributed by atoms with Gasteiger partial charge >= 0.3 is 0 Å². The number of thiophene rings is 1. The van der Waals surface area contributed by atoms with E-state index in [-0.39, 0.29) is 23.8 Å². The third-order valence-electron chi connectivity index (χ3n) is 4.39. The van der Waals surface area contributed by atoms with E-state index >= 15 is 0 Å². The number of piperazine rings is 1. The summed E-state index contributed by atoms with van der Waals surface area (Å²) in [6.45, 7) is 7.60. The number of aryl methyl sites for hydroxylation is 1. The third kappa shape index (κ3) is 2.45. The second-order valence-corrected chi connectivity index (χ2v) is 6.73. The summed E-state index contributed by atoms with van der Waals surface area (Å²) in [5.74, 6) is -0.193. The van der Waals surface area contributed by atoms with Crippen molar-refractivity contribution in [2.45, 2.75) is 32.9 Å². The van der Waals surface area contributed by atoms with Crippen LogP contribution in [0.4, 0.5) is 4.39 Å². The molecule has 0 spiro atoms. The molecule has 0 aliphatic carbocycles. The van der Waals surface area contributed by atoms with E-state index < -0.39 is 0 Å². The van der Waals surface area contributed by atoms with Crippen molar-refractivity contribution < 1.29 is 9.18 Å². The Morgan fingerprint density at radius 1 is 1.43 bits per heavy atom. The molecular formula is C16H19FN2OS. The van der Waals surface area contributed by atoms with Crippen molar-refractivity contribution >= 4 is 27.3 Å². The number of nitrogens with one attached hydrogen (secondary N) is 1. The topological polar surface area (TPSA) is 32.3 Å². The highest BCUT2D eigenvalue weighted by molar-refractivity contribution is 7.21. The fraction of sp³-hybridized carbons (Fsp3) is 0.438. The maximum Gasteiger partial charge on any atom is 0.264 e. The number of amides is 1. The molecule has 112 valence electrons. The van der Waals surface area contributed by atoms with E-state index in [1.807, 2.05) is 11.8 Å². The highest BCUT2D eigenvalue weighted by Crippen LogP contribution is 2.32. The van der Waals surface area contributed by atoms with Crippen LogP contribution in [-0.2, 0) is 0 Å². The van der Waals surface area contributed by atoms with Crippen LogP contribution in [0.5, 0.6) is 0 Å². The molecule has 1 aromatic heterocycles. The Kier molecular flexibility index (Phi) is 3.71. The van der Waals surface area contributed by atoms with Crippen LogP contribution in [0.2, 0.25) is 0 Å². The second kappa shape index (κ2) is 5.39. The first-order valence-electron chi connectivity index (χ1n) is 7.22. The zero-order valence-corrected chi connectivity index (χ0v) is 13.3. The first-order valence-corrected chi connectivity index (χ1v) is 8.03. The van der Waals surface area contributed by atoms with Gasteiger partial charge in [0.2, 0.25) is 0 Å². The van der Waals surface area contributed by atoms with Gasteiger partial charge in [0.15, 0.2) is 0 Å². The average Bonchev–Trinajstić information content (AvgIpc) is 2.78. The molecule has 21 heavy (non-hydrogen) atoms. The lowest BCUT2D eigenvalue weighted by Crippen LogP contribution is -2.57. The van der Waals surface area contributed by atoms with Crippen LogP contribution >= 0.6 is 11.3 Å². The minimum Gasteiger partial charge on any atom is -0.332 e. The molecule has 2 aromatic rings. The van der Waals surface area contributed by atoms with Crippen molar-refractivity contribution in [1.82, 2.24) is 10.2 Å². The van der Waals surface area contributed by atoms with Gasteiger partial charge in [-0.2, -0.15) is 0 Å². The molecule has 2 heterocycles. The minimum atomic E-state index is -0.258. The Hall–Kier alpha value is -1.46. The van der Waals surface area contributed by atoms with Gasteiger partial charge in [-0.05, 0) is 49.9 Å². The van der Waals surface area contributed by atoms with E-state index in [1.165, 1.54) is 23.5 Å². The van der Waals surface area contributed by atoms with Crippen molar-refractivity contribution in [2.24, 2.45) is 0 Å². The van der Waals surface area contributed by atoms with Gasteiger partial charge in [-0.25, -0.2) is 4.39 Å². The van der Waals surface area contributed by atoms with Crippen LogP contribution in [0.3, 0.4) is 0 Å². The molecule has 1 amide bonds. The van der Waals surface area contributed by atoms with E-state index in [2.05, 4.69) is 19.2 Å². The van der Waals surface area contributed by atoms with Gasteiger partial charge in [0, 0.05) is 29.9 Å². The van der Waals surface area contributed by atoms with Gasteiger partial charge in [-0.1, -0.05) is 0 Å². The zero-order chi connectivity index (χ0) is 15.1. The fourth-order valence-electron chi connectivity index (χ4n) is 2.87. The van der Waals surface area contributed by atoms with Crippen LogP contribution in [0.15, 0.2) is 18.2 Å². The number of nitrogens with zero attached hydrogens (tertiary/aromatic N) is 1. The highest BCUT2D eigenvalue weighted by atomic mass is 32.1. The molecule has 0 radical (unpaired) electrons. The Morgan fingerprint density at radius 3 is 2.95 bits per heavy atom. The monoisotopic (exact) mass is 306 g/mol. The van der Waals surface area contributed by atoms with E-state index in [4.69, 9.17) is 0 Å². The summed E-state index contributed by atoms with van der Waals surface area (Å²) >= 11 is 1.46. The number of hydrogen-bond acceptors (Lipinski definition) is 3. The standard InChI is InChI=1S/C16H19FN2OS/c1-9-13-8-12(17)4-5-14(13)21-15(9)16(20)19-7-6-18-10(2)11(19)3/h4-5,8,10-11,18H,6-7H2,1-3H3. The number of benzene rings is 1. The van der Waals surface area contributed by atoms with Crippen LogP contribution in [0.25, 0.3) is 10.1 Å². The van der Waals surface area contributed by atoms with E-state index in [1.54, 1.807) is 6.07 Å². The number of hydrogen-bond donors (Lipinski definition) is 1. The predicted octanol–water partition coefficient (Wildman–Crippen LogP) is 3.17. The van der Waals surface area contributed by atoms with Gasteiger partial charge in [0.05, 0.1) is 4.88 Å². The summed E-state index contributed by atoms with van der Waals surface area (Å²) in [5.41, 5.74) is 0.887. The van der Waals surface area contributed by atoms with E-state index in [0.717, 1.165) is 27.1 Å². The summed E-state index contributed by atoms with van der Waals surface area (Å²) in [6, 6.07) is 5.16. The van der Waals surface area contributed by atoms with Crippen LogP contribution in [0.1, 0.15) is 29.1 Å². The largest absolute Gasteiger partial charge is 0.332 e. The first kappa shape index (κ1) is 14.5. The molecule has 1 fully saturated rings. The van der Waals surface area contributed by atoms with E-state index in [0.29, 0.717) is 6.54 Å². The Balaban J connectivity index is 2.00. The smallest absolute Gasteiger partial charge is 0.264 e. The molecule has 1 aromatic carbocycles. The lowest BCUT2D eigenvalue weighted by atomic mass is 10.1. The Bertz CT molecular complexity index is 697. The maximum absolute atomic E-state index is 13.4. The fourth-order valence-corrected chi connectivity index (χ4v) is 4.02. The SMILES string of the molecule is Cc1c(C(=O)N2CCNC(C)C2C)sc2ccc(F)cc12. The molecule has 1 aliphatic rings. The normalized spacial score (nSPS) is 22.8. The molecule has 2 atom stereocenters. The molecule has 1 N–H and O–H groups in total. The first-order chi connectivity index (χ1) is 9.99. The molecule has 3 nitrogen and oxygen atoms in total. The number of carbonyl (C=O) groups is 1. The summed E-state index contributed by atoms with van der Waals surface area (Å²) in [7, 11) is 0. The van der Waals surface area contributed by atoms with Crippen molar-refractivity contribution in [3.63, 3.8) is 0 Å². The number of halogens is 1. The van der Waals surface area contributed by atoms with Crippen molar-refractivity contribution in [2.75, 3.05) is 13.1 Å². The number of carbonyl (C=O) groups excluding carboxylic acids is 1. The van der Waals surface area contributed by atoms with Gasteiger partial charge in [-0.3, -0.25) is 4.79 Å². The van der Waals surface area contributed by atoms with Crippen LogP contribution in [0, 0.1) is 12.7 Å². The van der Waals surface area contributed by atoms with Gasteiger partial charge in [0.25, 0.3) is 5.91 Å². The molecular weight excluding hydrogens is 287 g/mol. The lowest BCUT2D eigenvalue weighted by molar-refractivity contribution is 0.0607. The molecule has 5 heteroatoms. The third-order valence-corrected chi connectivity index (χ3v) is 5.65. The quantitative estimate of drug-likeness (QED) is 0.877. The van der Waals surface area contributed by atoms with Gasteiger partial charge in [0.1, 0.15) is 5.82 Å². The number of fused-ring (bicyclic) bond motifs is 1. The van der Waals surface area contributed by atoms with Crippen molar-refractivity contribution in [1.29, 1.82) is 0 Å². The maximum atomic E-state index is 13.4. The predicted molar refractivity (Wildman–Crippen MR) is 84.5 cm³/mol. The molecule has 0 bridgehead atoms. The van der Waals surface area contributed by atoms with Crippen LogP contribution < -0.4 is 5.32 Å². The molecule has 1 aliphatic heterocycles. The average molecular weight is 306 g/mol. The second-order valence-electron chi connectivity index (χ2n) is 5.68. The molecule has 3 rings (SSSR count). The summed E-state index contributed by atoms with van der Waals surface area (Å²) in [4.78, 5) is 15.5. The van der Waals surface area contributed by atoms with Crippen LogP contribution in [-0.4, -0.2) is 36.0 Å². The Morgan fingerprint density at radius 2 is 2.19 bits per heavy atom. The zero-order valence-electron chi connectivity index (χ0n) is 12.4. The minimum absolute atomic E-state index is 0.0648. The lowest BCUT2D eigenvalue weighted by Gasteiger charge is -2.38. The number of rotatable bonds is 1.